The summed E-state index contributed by atoms with van der Waals surface area (Å²) in [5.74, 6) is 0.142. The van der Waals surface area contributed by atoms with Gasteiger partial charge >= 0.3 is 5.97 Å². The van der Waals surface area contributed by atoms with Gasteiger partial charge in [-0.3, -0.25) is 24.4 Å². The number of rotatable bonds is 8. The molecule has 2 N–H and O–H groups in total. The van der Waals surface area contributed by atoms with Gasteiger partial charge in [0.25, 0.3) is 5.91 Å². The van der Waals surface area contributed by atoms with Crippen molar-refractivity contribution in [1.29, 1.82) is 0 Å². The van der Waals surface area contributed by atoms with Crippen LogP contribution in [-0.2, 0) is 43.2 Å². The number of esters is 1. The van der Waals surface area contributed by atoms with Crippen LogP contribution in [0.15, 0.2) is 41.9 Å². The summed E-state index contributed by atoms with van der Waals surface area (Å²) in [7, 11) is 1.71. The van der Waals surface area contributed by atoms with E-state index in [-0.39, 0.29) is 54.7 Å². The maximum Gasteiger partial charge on any atom is 0.324 e. The van der Waals surface area contributed by atoms with E-state index in [2.05, 4.69) is 81.1 Å². The van der Waals surface area contributed by atoms with Crippen molar-refractivity contribution in [3.63, 3.8) is 0 Å². The van der Waals surface area contributed by atoms with Crippen molar-refractivity contribution in [3.05, 3.63) is 58.2 Å². The lowest BCUT2D eigenvalue weighted by atomic mass is 9.84. The minimum absolute atomic E-state index is 0.111. The van der Waals surface area contributed by atoms with Gasteiger partial charge in [0.15, 0.2) is 0 Å². The number of carbonyl (C=O) groups excluding carboxylic acids is 3. The monoisotopic (exact) mass is 768 g/mol. The van der Waals surface area contributed by atoms with Gasteiger partial charge in [-0.25, -0.2) is 10.4 Å². The van der Waals surface area contributed by atoms with Crippen molar-refractivity contribution in [2.24, 2.45) is 29.1 Å². The molecule has 55 heavy (non-hydrogen) atoms. The van der Waals surface area contributed by atoms with Crippen LogP contribution in [0.25, 0.3) is 33.4 Å². The highest BCUT2D eigenvalue weighted by Gasteiger charge is 2.49. The third kappa shape index (κ3) is 8.09. The smallest absolute Gasteiger partial charge is 0.324 e. The molecule has 0 spiro atoms. The Morgan fingerprint density at radius 1 is 1.16 bits per heavy atom. The fourth-order valence-corrected chi connectivity index (χ4v) is 9.11. The fraction of sp³-hybridized carbons (Fsp3) is 0.558. The van der Waals surface area contributed by atoms with Crippen molar-refractivity contribution >= 4 is 40.0 Å². The summed E-state index contributed by atoms with van der Waals surface area (Å²) in [4.78, 5) is 51.2. The number of hydrogen-bond donors (Lipinski definition) is 2. The minimum atomic E-state index is -0.832. The predicted octanol–water partition coefficient (Wildman–Crippen LogP) is 7.13. The van der Waals surface area contributed by atoms with Crippen molar-refractivity contribution in [1.82, 2.24) is 30.3 Å². The number of aryl methyl sites for hydroxylation is 1. The Morgan fingerprint density at radius 3 is 2.67 bits per heavy atom. The summed E-state index contributed by atoms with van der Waals surface area (Å²) < 4.78 is 14.4. The average Bonchev–Trinajstić information content (AvgIpc) is 3.44. The number of methoxy groups -OCH3 is 1. The summed E-state index contributed by atoms with van der Waals surface area (Å²) in [5, 5.41) is 8.49. The van der Waals surface area contributed by atoms with Crippen LogP contribution < -0.4 is 10.7 Å². The minimum Gasteiger partial charge on any atom is -0.464 e. The summed E-state index contributed by atoms with van der Waals surface area (Å²) in [6, 6.07) is 9.18. The number of ether oxygens (including phenoxy) is 2. The molecular weight excluding hydrogens is 713 g/mol. The van der Waals surface area contributed by atoms with Crippen molar-refractivity contribution in [2.45, 2.75) is 105 Å². The van der Waals surface area contributed by atoms with E-state index in [1.807, 2.05) is 24.6 Å². The highest BCUT2D eigenvalue weighted by atomic mass is 32.1. The lowest BCUT2D eigenvalue weighted by molar-refractivity contribution is -0.155. The van der Waals surface area contributed by atoms with Crippen LogP contribution in [0.5, 0.6) is 0 Å². The van der Waals surface area contributed by atoms with Gasteiger partial charge in [-0.05, 0) is 80.2 Å². The number of aromatic nitrogens is 3. The highest BCUT2D eigenvalue weighted by molar-refractivity contribution is 7.10. The Kier molecular flexibility index (Phi) is 11.2. The highest BCUT2D eigenvalue weighted by Crippen LogP contribution is 2.46. The number of carbonyl (C=O) groups is 3. The molecular formula is C43H56N6O5S. The maximum absolute atomic E-state index is 14.2. The lowest BCUT2D eigenvalue weighted by Gasteiger charge is -2.35. The molecule has 1 aromatic carbocycles. The molecule has 2 fully saturated rings. The van der Waals surface area contributed by atoms with E-state index in [1.165, 1.54) is 16.3 Å². The summed E-state index contributed by atoms with van der Waals surface area (Å²) in [6.07, 6.45) is 4.64. The predicted molar refractivity (Wildman–Crippen MR) is 215 cm³/mol. The number of hydrazine groups is 1. The standard InChI is InChI=1S/C43H56N6O5S/c1-24(2)15-18-48-35-14-13-28-19-30(35)31(39(48)29-11-9-16-44-38(29)27(5)53-8)21-43(6,7)23-54-42(52)32-12-10-17-49(47-32)41(51)33(20-36-45-34(28)22-55-36)46-40(50)37-25(3)26(37)4/h9,11,13-14,16,19,22,24-27,32-33,37,47H,10,12,15,17-18,20-21,23H2,1-8H3,(H,46,50)/t25-,26+,27-,32-,33-,37+/m0/s1. The number of benzene rings is 1. The zero-order chi connectivity index (χ0) is 39.2. The first kappa shape index (κ1) is 39.1. The maximum atomic E-state index is 14.2. The molecule has 2 amide bonds. The second kappa shape index (κ2) is 15.8. The van der Waals surface area contributed by atoms with Gasteiger partial charge < -0.3 is 19.4 Å². The molecule has 3 aliphatic rings. The van der Waals surface area contributed by atoms with E-state index < -0.39 is 17.5 Å². The number of amides is 2. The first-order valence-corrected chi connectivity index (χ1v) is 20.8. The molecule has 1 aliphatic carbocycles. The van der Waals surface area contributed by atoms with Gasteiger partial charge in [0.2, 0.25) is 5.91 Å². The molecule has 0 unspecified atom stereocenters. The number of thiazole rings is 1. The van der Waals surface area contributed by atoms with Crippen molar-refractivity contribution < 1.29 is 23.9 Å². The summed E-state index contributed by atoms with van der Waals surface area (Å²) >= 11 is 1.49. The Labute approximate surface area is 328 Å². The van der Waals surface area contributed by atoms with E-state index >= 15 is 0 Å². The molecule has 1 saturated carbocycles. The molecule has 4 aromatic rings. The summed E-state index contributed by atoms with van der Waals surface area (Å²) in [6.45, 7) is 16.4. The zero-order valence-electron chi connectivity index (χ0n) is 33.5. The number of fused-ring (bicyclic) bond motifs is 6. The Morgan fingerprint density at radius 2 is 1.95 bits per heavy atom. The van der Waals surface area contributed by atoms with Gasteiger partial charge in [0.05, 0.1) is 34.8 Å². The van der Waals surface area contributed by atoms with Crippen LogP contribution in [0.3, 0.4) is 0 Å². The first-order valence-electron chi connectivity index (χ1n) is 19.9. The van der Waals surface area contributed by atoms with E-state index in [4.69, 9.17) is 19.4 Å². The number of nitrogens with one attached hydrogen (secondary N) is 2. The third-order valence-corrected chi connectivity index (χ3v) is 12.8. The lowest BCUT2D eigenvalue weighted by Crippen LogP contribution is -2.60. The SMILES string of the molecule is CO[C@@H](C)c1ncccc1-c1c2c3cc(ccc3n1CCC(C)C)-c1csc(n1)C[C@H](NC(=O)[C@H]1[C@H](C)[C@@H]1C)C(=O)N1CCC[C@H](N1)C(=O)OCC(C)(C)C2. The molecule has 12 heteroatoms. The second-order valence-electron chi connectivity index (χ2n) is 17.1. The van der Waals surface area contributed by atoms with Crippen LogP contribution in [0.1, 0.15) is 90.1 Å². The number of nitrogens with zero attached hydrogens (tertiary/aromatic N) is 4. The van der Waals surface area contributed by atoms with Crippen LogP contribution in [0.4, 0.5) is 0 Å². The topological polar surface area (TPSA) is 128 Å². The van der Waals surface area contributed by atoms with Crippen LogP contribution in [0.2, 0.25) is 0 Å². The largest absolute Gasteiger partial charge is 0.464 e. The zero-order valence-corrected chi connectivity index (χ0v) is 34.3. The number of cyclic esters (lactones) is 1. The molecule has 6 bridgehead atoms. The quantitative estimate of drug-likeness (QED) is 0.181. The normalized spacial score (nSPS) is 24.7. The fourth-order valence-electron chi connectivity index (χ4n) is 8.26. The average molecular weight is 769 g/mol. The van der Waals surface area contributed by atoms with E-state index in [1.54, 1.807) is 7.11 Å². The third-order valence-electron chi connectivity index (χ3n) is 11.9. The van der Waals surface area contributed by atoms with Gasteiger partial charge in [-0.2, -0.15) is 0 Å². The van der Waals surface area contributed by atoms with Gasteiger partial charge in [0.1, 0.15) is 12.1 Å². The summed E-state index contributed by atoms with van der Waals surface area (Å²) in [5.41, 5.74) is 9.80. The van der Waals surface area contributed by atoms with E-state index in [9.17, 15) is 14.4 Å². The Bertz CT molecular complexity index is 2060. The van der Waals surface area contributed by atoms with E-state index in [0.717, 1.165) is 62.6 Å². The van der Waals surface area contributed by atoms with Crippen LogP contribution in [-0.4, -0.2) is 69.7 Å². The molecule has 5 heterocycles. The molecule has 3 aromatic heterocycles. The van der Waals surface area contributed by atoms with Crippen molar-refractivity contribution in [3.8, 4) is 22.5 Å². The molecule has 6 atom stereocenters. The van der Waals surface area contributed by atoms with Crippen molar-refractivity contribution in [2.75, 3.05) is 20.3 Å². The van der Waals surface area contributed by atoms with Crippen LogP contribution >= 0.6 is 11.3 Å². The molecule has 1 saturated heterocycles. The van der Waals surface area contributed by atoms with Crippen LogP contribution in [0, 0.1) is 29.1 Å². The molecule has 7 rings (SSSR count). The number of pyridine rings is 1. The second-order valence-corrected chi connectivity index (χ2v) is 18.0. The first-order chi connectivity index (χ1) is 26.3. The molecule has 2 aliphatic heterocycles. The molecule has 0 radical (unpaired) electrons. The number of hydrogen-bond acceptors (Lipinski definition) is 9. The molecule has 294 valence electrons. The van der Waals surface area contributed by atoms with Gasteiger partial charge in [-0.15, -0.1) is 11.3 Å². The Hall–Kier alpha value is -4.13. The Balaban J connectivity index is 1.37. The van der Waals surface area contributed by atoms with Gasteiger partial charge in [0, 0.05) is 71.6 Å². The molecule has 11 nitrogen and oxygen atoms in total. The van der Waals surface area contributed by atoms with Gasteiger partial charge in [-0.1, -0.05) is 47.6 Å². The van der Waals surface area contributed by atoms with E-state index in [0.29, 0.717) is 31.7 Å².